The number of para-hydroxylation sites is 1. The first kappa shape index (κ1) is 17.5. The lowest BCUT2D eigenvalue weighted by atomic mass is 10.1. The summed E-state index contributed by atoms with van der Waals surface area (Å²) in [5.74, 6) is 0. The van der Waals surface area contributed by atoms with Crippen LogP contribution in [0.3, 0.4) is 0 Å². The van der Waals surface area contributed by atoms with Gasteiger partial charge in [0.15, 0.2) is 4.80 Å². The molecular formula is C24H22N2S. The Bertz CT molecular complexity index is 1090. The molecule has 0 saturated heterocycles. The van der Waals surface area contributed by atoms with Gasteiger partial charge in [0.25, 0.3) is 0 Å². The molecule has 4 rings (SSSR count). The van der Waals surface area contributed by atoms with Crippen LogP contribution in [0, 0.1) is 13.8 Å². The summed E-state index contributed by atoms with van der Waals surface area (Å²) in [5.41, 5.74) is 7.23. The molecule has 4 aromatic rings. The predicted octanol–water partition coefficient (Wildman–Crippen LogP) is 6.11. The summed E-state index contributed by atoms with van der Waals surface area (Å²) in [6, 6.07) is 27.6. The van der Waals surface area contributed by atoms with Gasteiger partial charge in [-0.1, -0.05) is 77.9 Å². The van der Waals surface area contributed by atoms with E-state index in [1.165, 1.54) is 27.9 Å². The summed E-state index contributed by atoms with van der Waals surface area (Å²) in [4.78, 5) is 5.91. The van der Waals surface area contributed by atoms with E-state index >= 15 is 0 Å². The number of hydrogen-bond donors (Lipinski definition) is 0. The van der Waals surface area contributed by atoms with Crippen LogP contribution >= 0.6 is 11.3 Å². The molecule has 0 saturated carbocycles. The number of hydrogen-bond acceptors (Lipinski definition) is 2. The van der Waals surface area contributed by atoms with Crippen LogP contribution in [0.1, 0.15) is 16.7 Å². The molecule has 0 fully saturated rings. The van der Waals surface area contributed by atoms with Crippen molar-refractivity contribution in [2.45, 2.75) is 20.4 Å². The van der Waals surface area contributed by atoms with Crippen LogP contribution in [0.25, 0.3) is 11.3 Å². The summed E-state index contributed by atoms with van der Waals surface area (Å²) < 4.78 is 2.31. The molecule has 0 aliphatic heterocycles. The highest BCUT2D eigenvalue weighted by molar-refractivity contribution is 7.07. The third kappa shape index (κ3) is 4.09. The van der Waals surface area contributed by atoms with Crippen LogP contribution in [0.4, 0.5) is 5.69 Å². The quantitative estimate of drug-likeness (QED) is 0.412. The highest BCUT2D eigenvalue weighted by atomic mass is 32.1. The SMILES string of the molecule is Cc1ccc(Cn2c(-c3ccc(C)cc3)csc2=Nc2ccccc2)cc1. The largest absolute Gasteiger partial charge is 0.312 e. The van der Waals surface area contributed by atoms with Crippen LogP contribution in [0.5, 0.6) is 0 Å². The maximum absolute atomic E-state index is 4.90. The molecule has 1 aromatic heterocycles. The fourth-order valence-corrected chi connectivity index (χ4v) is 3.94. The maximum Gasteiger partial charge on any atom is 0.190 e. The van der Waals surface area contributed by atoms with Crippen molar-refractivity contribution in [3.63, 3.8) is 0 Å². The van der Waals surface area contributed by atoms with Crippen molar-refractivity contribution in [3.8, 4) is 11.3 Å². The highest BCUT2D eigenvalue weighted by Crippen LogP contribution is 2.22. The van der Waals surface area contributed by atoms with Crippen molar-refractivity contribution in [1.82, 2.24) is 4.57 Å². The lowest BCUT2D eigenvalue weighted by molar-refractivity contribution is 0.778. The van der Waals surface area contributed by atoms with E-state index in [2.05, 4.69) is 72.3 Å². The number of aromatic nitrogens is 1. The molecule has 3 heteroatoms. The molecule has 0 unspecified atom stereocenters. The fraction of sp³-hybridized carbons (Fsp3) is 0.125. The molecule has 0 atom stereocenters. The number of nitrogens with zero attached hydrogens (tertiary/aromatic N) is 2. The molecule has 0 bridgehead atoms. The first-order chi connectivity index (χ1) is 13.2. The van der Waals surface area contributed by atoms with Crippen molar-refractivity contribution in [2.24, 2.45) is 4.99 Å². The van der Waals surface area contributed by atoms with Gasteiger partial charge in [-0.2, -0.15) is 0 Å². The van der Waals surface area contributed by atoms with E-state index in [9.17, 15) is 0 Å². The summed E-state index contributed by atoms with van der Waals surface area (Å²) >= 11 is 1.69. The van der Waals surface area contributed by atoms with Gasteiger partial charge < -0.3 is 4.57 Å². The second kappa shape index (κ2) is 7.77. The lowest BCUT2D eigenvalue weighted by Gasteiger charge is -2.10. The van der Waals surface area contributed by atoms with E-state index in [0.29, 0.717) is 0 Å². The average molecular weight is 371 g/mol. The van der Waals surface area contributed by atoms with E-state index in [-0.39, 0.29) is 0 Å². The molecule has 0 aliphatic rings. The van der Waals surface area contributed by atoms with Gasteiger partial charge in [0, 0.05) is 5.38 Å². The van der Waals surface area contributed by atoms with Crippen LogP contribution in [-0.4, -0.2) is 4.57 Å². The predicted molar refractivity (Wildman–Crippen MR) is 114 cm³/mol. The maximum atomic E-state index is 4.90. The van der Waals surface area contributed by atoms with Crippen molar-refractivity contribution < 1.29 is 0 Å². The molecule has 1 heterocycles. The zero-order valence-corrected chi connectivity index (χ0v) is 16.4. The zero-order chi connectivity index (χ0) is 18.6. The van der Waals surface area contributed by atoms with Gasteiger partial charge >= 0.3 is 0 Å². The van der Waals surface area contributed by atoms with Crippen molar-refractivity contribution in [2.75, 3.05) is 0 Å². The number of benzene rings is 3. The van der Waals surface area contributed by atoms with Gasteiger partial charge in [-0.25, -0.2) is 4.99 Å². The Kier molecular flexibility index (Phi) is 5.03. The Labute approximate surface area is 164 Å². The zero-order valence-electron chi connectivity index (χ0n) is 15.6. The molecule has 27 heavy (non-hydrogen) atoms. The molecule has 3 aromatic carbocycles. The van der Waals surface area contributed by atoms with E-state index in [1.54, 1.807) is 11.3 Å². The first-order valence-electron chi connectivity index (χ1n) is 9.10. The topological polar surface area (TPSA) is 17.3 Å². The average Bonchev–Trinajstić information content (AvgIpc) is 3.07. The minimum Gasteiger partial charge on any atom is -0.312 e. The Morgan fingerprint density at radius 1 is 0.778 bits per heavy atom. The van der Waals surface area contributed by atoms with E-state index in [4.69, 9.17) is 4.99 Å². The van der Waals surface area contributed by atoms with Gasteiger partial charge in [-0.05, 0) is 37.1 Å². The number of thiazole rings is 1. The van der Waals surface area contributed by atoms with Gasteiger partial charge in [-0.15, -0.1) is 11.3 Å². The van der Waals surface area contributed by atoms with Crippen LogP contribution < -0.4 is 4.80 Å². The van der Waals surface area contributed by atoms with E-state index in [1.807, 2.05) is 30.3 Å². The molecule has 0 amide bonds. The van der Waals surface area contributed by atoms with Crippen molar-refractivity contribution in [3.05, 3.63) is 106 Å². The first-order valence-corrected chi connectivity index (χ1v) is 9.98. The highest BCUT2D eigenvalue weighted by Gasteiger charge is 2.09. The smallest absolute Gasteiger partial charge is 0.190 e. The number of aryl methyl sites for hydroxylation is 2. The van der Waals surface area contributed by atoms with E-state index in [0.717, 1.165) is 17.0 Å². The molecule has 134 valence electrons. The molecule has 2 nitrogen and oxygen atoms in total. The summed E-state index contributed by atoms with van der Waals surface area (Å²) in [7, 11) is 0. The Morgan fingerprint density at radius 2 is 1.41 bits per heavy atom. The fourth-order valence-electron chi connectivity index (χ4n) is 3.02. The lowest BCUT2D eigenvalue weighted by Crippen LogP contribution is -2.16. The molecule has 0 aliphatic carbocycles. The Morgan fingerprint density at radius 3 is 2.07 bits per heavy atom. The monoisotopic (exact) mass is 370 g/mol. The standard InChI is InChI=1S/C24H22N2S/c1-18-8-12-20(13-9-18)16-26-23(21-14-10-19(2)11-15-21)17-27-24(26)25-22-6-4-3-5-7-22/h3-15,17H,16H2,1-2H3. The Hall–Kier alpha value is -2.91. The molecule has 0 spiro atoms. The minimum absolute atomic E-state index is 0.804. The summed E-state index contributed by atoms with van der Waals surface area (Å²) in [6.45, 7) is 5.04. The van der Waals surface area contributed by atoms with Crippen molar-refractivity contribution in [1.29, 1.82) is 0 Å². The third-order valence-corrected chi connectivity index (χ3v) is 5.45. The van der Waals surface area contributed by atoms with E-state index < -0.39 is 0 Å². The third-order valence-electron chi connectivity index (χ3n) is 4.59. The summed E-state index contributed by atoms with van der Waals surface area (Å²) in [6.07, 6.45) is 0. The normalized spacial score (nSPS) is 11.7. The second-order valence-electron chi connectivity index (χ2n) is 6.79. The minimum atomic E-state index is 0.804. The second-order valence-corrected chi connectivity index (χ2v) is 7.63. The van der Waals surface area contributed by atoms with Gasteiger partial charge in [0.05, 0.1) is 17.9 Å². The van der Waals surface area contributed by atoms with Gasteiger partial charge in [0.2, 0.25) is 0 Å². The molecular weight excluding hydrogens is 348 g/mol. The summed E-state index contributed by atoms with van der Waals surface area (Å²) in [5, 5.41) is 2.21. The van der Waals surface area contributed by atoms with Crippen LogP contribution in [-0.2, 0) is 6.54 Å². The molecule has 0 radical (unpaired) electrons. The van der Waals surface area contributed by atoms with Gasteiger partial charge in [-0.3, -0.25) is 0 Å². The number of rotatable bonds is 4. The van der Waals surface area contributed by atoms with Crippen LogP contribution in [0.15, 0.2) is 89.2 Å². The molecule has 0 N–H and O–H groups in total. The van der Waals surface area contributed by atoms with Gasteiger partial charge in [0.1, 0.15) is 0 Å². The Balaban J connectivity index is 1.83. The van der Waals surface area contributed by atoms with Crippen LogP contribution in [0.2, 0.25) is 0 Å². The van der Waals surface area contributed by atoms with Crippen molar-refractivity contribution >= 4 is 17.0 Å².